The Labute approximate surface area is 263 Å². The molecule has 0 spiro atoms. The normalized spacial score (nSPS) is 18.4. The van der Waals surface area contributed by atoms with Gasteiger partial charge >= 0.3 is 6.03 Å². The van der Waals surface area contributed by atoms with Gasteiger partial charge in [-0.3, -0.25) is 14.6 Å². The van der Waals surface area contributed by atoms with Crippen LogP contribution < -0.4 is 21.5 Å². The molecular weight excluding hydrogens is 596 g/mol. The highest BCUT2D eigenvalue weighted by Gasteiger charge is 2.51. The number of carbonyl (C=O) groups excluding carboxylic acids is 3. The second kappa shape index (κ2) is 12.1. The predicted molar refractivity (Wildman–Crippen MR) is 170 cm³/mol. The van der Waals surface area contributed by atoms with Crippen molar-refractivity contribution in [3.05, 3.63) is 77.4 Å². The van der Waals surface area contributed by atoms with Crippen LogP contribution in [0.2, 0.25) is 0 Å². The van der Waals surface area contributed by atoms with Crippen molar-refractivity contribution < 1.29 is 24.2 Å². The second-order valence-electron chi connectivity index (χ2n) is 11.1. The SMILES string of the molecule is COc1ccc(CNC(=O)N(C)N2CC(=O)N3[C@@H](Cc4ccc(O)c(N)c4)C(=O)N(Cc4cccc5sc(N)nc45)C[C@@H]32)cc1. The third-order valence-corrected chi connectivity index (χ3v) is 9.10. The Hall–Kier alpha value is -5.08. The van der Waals surface area contributed by atoms with Crippen LogP contribution in [0.5, 0.6) is 11.5 Å². The molecule has 4 aromatic rings. The molecule has 13 nitrogen and oxygen atoms in total. The summed E-state index contributed by atoms with van der Waals surface area (Å²) in [6.07, 6.45) is -0.428. The monoisotopic (exact) mass is 630 g/mol. The van der Waals surface area contributed by atoms with Crippen molar-refractivity contribution in [1.82, 2.24) is 30.1 Å². The van der Waals surface area contributed by atoms with Crippen molar-refractivity contribution in [1.29, 1.82) is 0 Å². The molecule has 2 aliphatic heterocycles. The lowest BCUT2D eigenvalue weighted by molar-refractivity contribution is -0.157. The first-order chi connectivity index (χ1) is 21.6. The molecule has 0 radical (unpaired) electrons. The van der Waals surface area contributed by atoms with Gasteiger partial charge in [-0.2, -0.15) is 5.01 Å². The molecule has 1 aromatic heterocycles. The fraction of sp³-hybridized carbons (Fsp3) is 0.290. The number of amides is 4. The van der Waals surface area contributed by atoms with Crippen LogP contribution in [0.3, 0.4) is 0 Å². The lowest BCUT2D eigenvalue weighted by atomic mass is 9.99. The number of phenolic OH excluding ortho intramolecular Hbond substituents is 1. The summed E-state index contributed by atoms with van der Waals surface area (Å²) in [5.74, 6) is 0.150. The molecule has 2 aliphatic rings. The van der Waals surface area contributed by atoms with E-state index in [0.717, 1.165) is 21.3 Å². The van der Waals surface area contributed by atoms with Gasteiger partial charge in [0.25, 0.3) is 0 Å². The number of thiazole rings is 1. The van der Waals surface area contributed by atoms with E-state index in [9.17, 15) is 19.5 Å². The minimum absolute atomic E-state index is 0.0606. The molecule has 0 unspecified atom stereocenters. The first-order valence-electron chi connectivity index (χ1n) is 14.3. The summed E-state index contributed by atoms with van der Waals surface area (Å²) in [4.78, 5) is 48.7. The van der Waals surface area contributed by atoms with Crippen LogP contribution in [0, 0.1) is 0 Å². The van der Waals surface area contributed by atoms with E-state index in [1.54, 1.807) is 41.1 Å². The van der Waals surface area contributed by atoms with Gasteiger partial charge in [-0.1, -0.05) is 41.7 Å². The molecule has 2 fully saturated rings. The Bertz CT molecular complexity index is 1760. The summed E-state index contributed by atoms with van der Waals surface area (Å²) < 4.78 is 6.12. The van der Waals surface area contributed by atoms with E-state index >= 15 is 0 Å². The predicted octanol–water partition coefficient (Wildman–Crippen LogP) is 2.36. The molecule has 234 valence electrons. The van der Waals surface area contributed by atoms with Crippen LogP contribution in [-0.4, -0.2) is 87.2 Å². The van der Waals surface area contributed by atoms with Crippen LogP contribution in [0.15, 0.2) is 60.7 Å². The van der Waals surface area contributed by atoms with E-state index in [-0.39, 0.29) is 55.9 Å². The maximum absolute atomic E-state index is 14.1. The number of nitrogens with one attached hydrogen (secondary N) is 1. The van der Waals surface area contributed by atoms with E-state index < -0.39 is 18.2 Å². The number of hydrogen-bond donors (Lipinski definition) is 4. The smallest absolute Gasteiger partial charge is 0.332 e. The van der Waals surface area contributed by atoms with Crippen molar-refractivity contribution in [2.24, 2.45) is 0 Å². The number of nitrogens with zero attached hydrogens (tertiary/aromatic N) is 5. The standard InChI is InChI=1S/C31H34N8O5S/c1-36(31(43)34-14-18-6-9-21(44-2)10-7-18)38-17-27(41)39-23(13-19-8-11-24(40)22(32)12-19)29(42)37(16-26(38)39)15-20-4-3-5-25-28(20)35-30(33)45-25/h3-12,23,26,40H,13-17,32H2,1-2H3,(H2,33,35)(H,34,43)/t23-,26+/m0/s1. The first kappa shape index (κ1) is 30.0. The molecule has 3 aromatic carbocycles. The van der Waals surface area contributed by atoms with Crippen LogP contribution in [0.1, 0.15) is 16.7 Å². The quantitative estimate of drug-likeness (QED) is 0.169. The van der Waals surface area contributed by atoms with Gasteiger partial charge in [0.2, 0.25) is 11.8 Å². The highest BCUT2D eigenvalue weighted by Crippen LogP contribution is 2.33. The average molecular weight is 631 g/mol. The van der Waals surface area contributed by atoms with Crippen LogP contribution in [0.4, 0.5) is 15.6 Å². The zero-order chi connectivity index (χ0) is 31.8. The Morgan fingerprint density at radius 2 is 1.89 bits per heavy atom. The minimum Gasteiger partial charge on any atom is -0.506 e. The molecule has 6 N–H and O–H groups in total. The Morgan fingerprint density at radius 1 is 1.13 bits per heavy atom. The van der Waals surface area contributed by atoms with Gasteiger partial charge in [0, 0.05) is 26.6 Å². The molecule has 4 amide bonds. The molecule has 0 aliphatic carbocycles. The number of rotatable bonds is 8. The largest absolute Gasteiger partial charge is 0.506 e. The van der Waals surface area contributed by atoms with E-state index in [2.05, 4.69) is 10.3 Å². The van der Waals surface area contributed by atoms with Gasteiger partial charge in [-0.05, 0) is 47.0 Å². The Kier molecular flexibility index (Phi) is 8.08. The number of ether oxygens (including phenoxy) is 1. The topological polar surface area (TPSA) is 171 Å². The van der Waals surface area contributed by atoms with Gasteiger partial charge in [0.1, 0.15) is 23.7 Å². The maximum atomic E-state index is 14.1. The molecule has 0 saturated carbocycles. The fourth-order valence-corrected chi connectivity index (χ4v) is 6.69. The van der Waals surface area contributed by atoms with E-state index in [1.807, 2.05) is 42.5 Å². The van der Waals surface area contributed by atoms with Crippen molar-refractivity contribution in [2.45, 2.75) is 31.7 Å². The highest BCUT2D eigenvalue weighted by atomic mass is 32.1. The molecule has 3 heterocycles. The summed E-state index contributed by atoms with van der Waals surface area (Å²) in [6, 6.07) is 16.6. The summed E-state index contributed by atoms with van der Waals surface area (Å²) >= 11 is 1.37. The summed E-state index contributed by atoms with van der Waals surface area (Å²) in [6.45, 7) is 0.614. The number of para-hydroxylation sites is 1. The number of benzene rings is 3. The maximum Gasteiger partial charge on any atom is 0.332 e. The summed E-state index contributed by atoms with van der Waals surface area (Å²) in [5.41, 5.74) is 15.3. The van der Waals surface area contributed by atoms with Crippen LogP contribution in [-0.2, 0) is 29.1 Å². The zero-order valence-electron chi connectivity index (χ0n) is 24.8. The number of urea groups is 1. The molecule has 0 bridgehead atoms. The molecule has 45 heavy (non-hydrogen) atoms. The average Bonchev–Trinajstić information content (AvgIpc) is 3.58. The highest BCUT2D eigenvalue weighted by molar-refractivity contribution is 7.22. The molecule has 2 saturated heterocycles. The van der Waals surface area contributed by atoms with Gasteiger partial charge in [-0.15, -0.1) is 0 Å². The Morgan fingerprint density at radius 3 is 2.62 bits per heavy atom. The number of hydrogen-bond acceptors (Lipinski definition) is 10. The number of aromatic hydroxyl groups is 1. The number of methoxy groups -OCH3 is 1. The van der Waals surface area contributed by atoms with Gasteiger partial charge in [0.15, 0.2) is 5.13 Å². The van der Waals surface area contributed by atoms with Gasteiger partial charge in [0.05, 0.1) is 36.1 Å². The van der Waals surface area contributed by atoms with E-state index in [1.165, 1.54) is 22.4 Å². The van der Waals surface area contributed by atoms with Crippen molar-refractivity contribution in [3.63, 3.8) is 0 Å². The van der Waals surface area contributed by atoms with Crippen molar-refractivity contribution in [2.75, 3.05) is 38.7 Å². The van der Waals surface area contributed by atoms with E-state index in [4.69, 9.17) is 16.2 Å². The zero-order valence-corrected chi connectivity index (χ0v) is 25.7. The second-order valence-corrected chi connectivity index (χ2v) is 12.1. The number of carbonyl (C=O) groups is 3. The third-order valence-electron chi connectivity index (χ3n) is 8.25. The molecular formula is C31H34N8O5S. The number of anilines is 2. The molecule has 6 rings (SSSR count). The number of phenols is 1. The summed E-state index contributed by atoms with van der Waals surface area (Å²) in [7, 11) is 3.20. The van der Waals surface area contributed by atoms with Gasteiger partial charge in [-0.25, -0.2) is 9.78 Å². The number of nitrogens with two attached hydrogens (primary N) is 2. The number of hydrazine groups is 1. The fourth-order valence-electron chi connectivity index (χ4n) is 5.91. The third kappa shape index (κ3) is 5.89. The molecule has 14 heteroatoms. The first-order valence-corrected chi connectivity index (χ1v) is 15.2. The lowest BCUT2D eigenvalue weighted by Gasteiger charge is -2.45. The number of aromatic nitrogens is 1. The lowest BCUT2D eigenvalue weighted by Crippen LogP contribution is -2.65. The minimum atomic E-state index is -0.861. The van der Waals surface area contributed by atoms with Crippen LogP contribution >= 0.6 is 11.3 Å². The van der Waals surface area contributed by atoms with E-state index in [0.29, 0.717) is 16.4 Å². The summed E-state index contributed by atoms with van der Waals surface area (Å²) in [5, 5.41) is 16.4. The Balaban J connectivity index is 1.27. The van der Waals surface area contributed by atoms with Crippen molar-refractivity contribution in [3.8, 4) is 11.5 Å². The number of piperazine rings is 1. The van der Waals surface area contributed by atoms with Crippen molar-refractivity contribution >= 4 is 50.2 Å². The van der Waals surface area contributed by atoms with Crippen LogP contribution in [0.25, 0.3) is 10.2 Å². The number of fused-ring (bicyclic) bond motifs is 2. The number of nitrogen functional groups attached to an aromatic ring is 2. The molecule has 2 atom stereocenters. The van der Waals surface area contributed by atoms with Gasteiger partial charge < -0.3 is 36.4 Å².